The minimum atomic E-state index is -2.01. The summed E-state index contributed by atoms with van der Waals surface area (Å²) in [5.41, 5.74) is 5.62. The Balaban J connectivity index is 1.31. The Morgan fingerprint density at radius 3 is 2.31 bits per heavy atom. The van der Waals surface area contributed by atoms with Crippen molar-refractivity contribution < 1.29 is 19.4 Å². The number of nitrogens with one attached hydrogen (secondary N) is 1. The van der Waals surface area contributed by atoms with Gasteiger partial charge in [-0.1, -0.05) is 113 Å². The van der Waals surface area contributed by atoms with Crippen LogP contribution in [0.1, 0.15) is 41.1 Å². The molecule has 0 saturated carbocycles. The predicted molar refractivity (Wildman–Crippen MR) is 165 cm³/mol. The van der Waals surface area contributed by atoms with Crippen molar-refractivity contribution >= 4 is 52.5 Å². The standard InChI is InChI=1S/C31H28Cl3N3O4S/c32-31(33,34)29(39)37-17-21-3-1-4-25(15-21)22-9-11-24(12-10-22)28-40-26(19-42-30-35-13-2-14-36-30)16-27(41-28)23-7-5-20(18-38)6-8-23/h1-15,26-28,38H,16-19H2,(H,37,39)/t26-,27+,28+/m1/s1. The Morgan fingerprint density at radius 2 is 1.62 bits per heavy atom. The van der Waals surface area contributed by atoms with Crippen LogP contribution in [0, 0.1) is 0 Å². The summed E-state index contributed by atoms with van der Waals surface area (Å²) in [4.78, 5) is 20.5. The topological polar surface area (TPSA) is 93.6 Å². The van der Waals surface area contributed by atoms with Crippen LogP contribution in [0.2, 0.25) is 0 Å². The molecule has 5 rings (SSSR count). The van der Waals surface area contributed by atoms with Crippen LogP contribution in [-0.4, -0.2) is 36.6 Å². The number of nitrogens with zero attached hydrogens (tertiary/aromatic N) is 2. The van der Waals surface area contributed by atoms with Crippen molar-refractivity contribution in [2.75, 3.05) is 5.75 Å². The molecule has 218 valence electrons. The van der Waals surface area contributed by atoms with E-state index in [1.165, 1.54) is 0 Å². The summed E-state index contributed by atoms with van der Waals surface area (Å²) in [6.45, 7) is 0.225. The molecule has 2 N–H and O–H groups in total. The Labute approximate surface area is 263 Å². The number of aliphatic hydroxyl groups excluding tert-OH is 1. The lowest BCUT2D eigenvalue weighted by Crippen LogP contribution is -2.33. The van der Waals surface area contributed by atoms with Gasteiger partial charge in [0.25, 0.3) is 9.70 Å². The maximum atomic E-state index is 11.9. The first-order chi connectivity index (χ1) is 20.3. The lowest BCUT2D eigenvalue weighted by molar-refractivity contribution is -0.245. The monoisotopic (exact) mass is 643 g/mol. The smallest absolute Gasteiger partial charge is 0.272 e. The summed E-state index contributed by atoms with van der Waals surface area (Å²) < 4.78 is 10.9. The summed E-state index contributed by atoms with van der Waals surface area (Å²) >= 11 is 18.5. The van der Waals surface area contributed by atoms with E-state index in [-0.39, 0.29) is 25.4 Å². The average molecular weight is 645 g/mol. The van der Waals surface area contributed by atoms with Crippen molar-refractivity contribution in [3.05, 3.63) is 114 Å². The number of carbonyl (C=O) groups is 1. The van der Waals surface area contributed by atoms with E-state index in [9.17, 15) is 9.90 Å². The van der Waals surface area contributed by atoms with Crippen molar-refractivity contribution in [2.45, 2.75) is 47.0 Å². The highest BCUT2D eigenvalue weighted by Gasteiger charge is 2.32. The van der Waals surface area contributed by atoms with Gasteiger partial charge >= 0.3 is 0 Å². The van der Waals surface area contributed by atoms with Crippen molar-refractivity contribution in [3.8, 4) is 11.1 Å². The molecule has 2 heterocycles. The van der Waals surface area contributed by atoms with Crippen LogP contribution in [0.5, 0.6) is 0 Å². The van der Waals surface area contributed by atoms with Gasteiger partial charge in [0.05, 0.1) is 18.8 Å². The van der Waals surface area contributed by atoms with E-state index in [0.717, 1.165) is 33.4 Å². The first kappa shape index (κ1) is 30.8. The molecular weight excluding hydrogens is 617 g/mol. The molecule has 1 saturated heterocycles. The number of amides is 1. The number of aliphatic hydroxyl groups is 1. The zero-order valence-corrected chi connectivity index (χ0v) is 25.4. The quantitative estimate of drug-likeness (QED) is 0.116. The van der Waals surface area contributed by atoms with E-state index in [2.05, 4.69) is 15.3 Å². The molecule has 0 aliphatic carbocycles. The normalized spacial score (nSPS) is 18.9. The third-order valence-electron chi connectivity index (χ3n) is 6.71. The van der Waals surface area contributed by atoms with Crippen LogP contribution >= 0.6 is 46.6 Å². The van der Waals surface area contributed by atoms with Gasteiger partial charge in [0.2, 0.25) is 0 Å². The minimum Gasteiger partial charge on any atom is -0.392 e. The Kier molecular flexibility index (Phi) is 10.4. The van der Waals surface area contributed by atoms with Crippen LogP contribution in [-0.2, 0) is 27.4 Å². The molecule has 1 fully saturated rings. The third kappa shape index (κ3) is 8.23. The molecule has 0 bridgehead atoms. The van der Waals surface area contributed by atoms with E-state index in [0.29, 0.717) is 17.3 Å². The lowest BCUT2D eigenvalue weighted by atomic mass is 9.99. The third-order valence-corrected chi connectivity index (χ3v) is 8.23. The van der Waals surface area contributed by atoms with E-state index >= 15 is 0 Å². The number of benzene rings is 3. The van der Waals surface area contributed by atoms with Gasteiger partial charge in [-0.2, -0.15) is 0 Å². The fourth-order valence-electron chi connectivity index (χ4n) is 4.53. The molecule has 42 heavy (non-hydrogen) atoms. The molecule has 7 nitrogen and oxygen atoms in total. The average Bonchev–Trinajstić information content (AvgIpc) is 3.03. The molecule has 1 aliphatic heterocycles. The van der Waals surface area contributed by atoms with Gasteiger partial charge in [-0.15, -0.1) is 0 Å². The van der Waals surface area contributed by atoms with E-state index in [1.54, 1.807) is 30.2 Å². The van der Waals surface area contributed by atoms with Gasteiger partial charge in [-0.25, -0.2) is 9.97 Å². The van der Waals surface area contributed by atoms with Crippen LogP contribution in [0.25, 0.3) is 11.1 Å². The Bertz CT molecular complexity index is 1470. The Morgan fingerprint density at radius 1 is 0.905 bits per heavy atom. The van der Waals surface area contributed by atoms with Crippen LogP contribution in [0.4, 0.5) is 0 Å². The van der Waals surface area contributed by atoms with Gasteiger partial charge in [-0.3, -0.25) is 4.79 Å². The van der Waals surface area contributed by atoms with Crippen molar-refractivity contribution in [1.29, 1.82) is 0 Å². The molecule has 1 amide bonds. The molecule has 3 atom stereocenters. The Hall–Kier alpha value is -2.69. The highest BCUT2D eigenvalue weighted by molar-refractivity contribution is 7.99. The van der Waals surface area contributed by atoms with Gasteiger partial charge in [0, 0.05) is 36.7 Å². The molecule has 1 aliphatic rings. The fourth-order valence-corrected chi connectivity index (χ4v) is 5.55. The summed E-state index contributed by atoms with van der Waals surface area (Å²) in [5.74, 6) is -0.000189. The van der Waals surface area contributed by atoms with Gasteiger partial charge in [0.15, 0.2) is 11.4 Å². The van der Waals surface area contributed by atoms with Crippen molar-refractivity contribution in [1.82, 2.24) is 15.3 Å². The summed E-state index contributed by atoms with van der Waals surface area (Å²) in [7, 11) is 0. The second-order valence-electron chi connectivity index (χ2n) is 9.70. The number of halogens is 3. The first-order valence-electron chi connectivity index (χ1n) is 13.2. The zero-order valence-electron chi connectivity index (χ0n) is 22.3. The van der Waals surface area contributed by atoms with Crippen molar-refractivity contribution in [3.63, 3.8) is 0 Å². The number of hydrogen-bond donors (Lipinski definition) is 2. The number of alkyl halides is 3. The number of thioether (sulfide) groups is 1. The molecule has 0 radical (unpaired) electrons. The maximum absolute atomic E-state index is 11.9. The zero-order chi connectivity index (χ0) is 29.5. The summed E-state index contributed by atoms with van der Waals surface area (Å²) in [5, 5.41) is 12.8. The maximum Gasteiger partial charge on any atom is 0.272 e. The number of rotatable bonds is 9. The SMILES string of the molecule is O=C(NCc1cccc(-c2ccc([C@H]3O[C@@H](CSc4ncccn4)C[C@@H](c4ccc(CO)cc4)O3)cc2)c1)C(Cl)(Cl)Cl. The highest BCUT2D eigenvalue weighted by atomic mass is 35.6. The molecule has 3 aromatic carbocycles. The predicted octanol–water partition coefficient (Wildman–Crippen LogP) is 6.96. The molecule has 1 aromatic heterocycles. The van der Waals surface area contributed by atoms with Gasteiger partial charge in [0.1, 0.15) is 0 Å². The van der Waals surface area contributed by atoms with Crippen LogP contribution in [0.15, 0.2) is 96.4 Å². The highest BCUT2D eigenvalue weighted by Crippen LogP contribution is 2.39. The van der Waals surface area contributed by atoms with E-state index in [4.69, 9.17) is 44.3 Å². The minimum absolute atomic E-state index is 0.00721. The van der Waals surface area contributed by atoms with Gasteiger partial charge in [-0.05, 0) is 39.9 Å². The summed E-state index contributed by atoms with van der Waals surface area (Å²) in [6.07, 6.45) is 3.28. The summed E-state index contributed by atoms with van der Waals surface area (Å²) in [6, 6.07) is 25.4. The van der Waals surface area contributed by atoms with Crippen LogP contribution < -0.4 is 5.32 Å². The largest absolute Gasteiger partial charge is 0.392 e. The number of aromatic nitrogens is 2. The second kappa shape index (κ2) is 14.2. The molecule has 4 aromatic rings. The van der Waals surface area contributed by atoms with Crippen molar-refractivity contribution in [2.24, 2.45) is 0 Å². The fraction of sp³-hybridized carbons (Fsp3) is 0.258. The number of hydrogen-bond acceptors (Lipinski definition) is 7. The second-order valence-corrected chi connectivity index (χ2v) is 13.0. The van der Waals surface area contributed by atoms with E-state index in [1.807, 2.05) is 72.8 Å². The molecule has 11 heteroatoms. The van der Waals surface area contributed by atoms with Gasteiger partial charge < -0.3 is 19.9 Å². The van der Waals surface area contributed by atoms with Crippen LogP contribution in [0.3, 0.4) is 0 Å². The number of carbonyl (C=O) groups excluding carboxylic acids is 1. The molecule has 0 unspecified atom stereocenters. The molecule has 0 spiro atoms. The lowest BCUT2D eigenvalue weighted by Gasteiger charge is -2.36. The molecular formula is C31H28Cl3N3O4S. The first-order valence-corrected chi connectivity index (χ1v) is 15.3. The van der Waals surface area contributed by atoms with E-state index < -0.39 is 16.0 Å². The number of ether oxygens (including phenoxy) is 2.